The highest BCUT2D eigenvalue weighted by Gasteiger charge is 2.64. The molecule has 4 aliphatic rings. The summed E-state index contributed by atoms with van der Waals surface area (Å²) in [5.74, 6) is 0.359. The Balaban J connectivity index is 0.876. The number of piperidine rings is 2. The Morgan fingerprint density at radius 2 is 1.67 bits per heavy atom. The molecule has 3 aromatic rings. The molecule has 1 saturated carbocycles. The minimum atomic E-state index is -0.460. The van der Waals surface area contributed by atoms with Gasteiger partial charge in [-0.2, -0.15) is 5.26 Å². The number of hydrogen-bond donors (Lipinski definition) is 1. The number of aromatic nitrogens is 2. The summed E-state index contributed by atoms with van der Waals surface area (Å²) in [7, 11) is 0. The highest BCUT2D eigenvalue weighted by molar-refractivity contribution is 6.31. The molecule has 13 heteroatoms. The first-order valence-corrected chi connectivity index (χ1v) is 19.1. The van der Waals surface area contributed by atoms with Gasteiger partial charge in [0.25, 0.3) is 5.91 Å². The van der Waals surface area contributed by atoms with E-state index in [0.717, 1.165) is 57.7 Å². The lowest BCUT2D eigenvalue weighted by molar-refractivity contribution is -0.164. The van der Waals surface area contributed by atoms with Gasteiger partial charge in [0.05, 0.1) is 16.3 Å². The highest BCUT2D eigenvalue weighted by atomic mass is 35.5. The van der Waals surface area contributed by atoms with Crippen molar-refractivity contribution in [3.05, 3.63) is 75.7 Å². The Labute approximate surface area is 320 Å². The van der Waals surface area contributed by atoms with E-state index in [2.05, 4.69) is 59.1 Å². The van der Waals surface area contributed by atoms with Gasteiger partial charge in [0, 0.05) is 79.4 Å². The number of likely N-dealkylation sites (tertiary alicyclic amines) is 1. The van der Waals surface area contributed by atoms with Gasteiger partial charge in [-0.05, 0) is 74.4 Å². The van der Waals surface area contributed by atoms with E-state index in [1.165, 1.54) is 19.1 Å². The van der Waals surface area contributed by atoms with Gasteiger partial charge in [-0.1, -0.05) is 39.3 Å². The van der Waals surface area contributed by atoms with E-state index in [1.807, 2.05) is 11.0 Å². The Bertz CT molecular complexity index is 1980. The van der Waals surface area contributed by atoms with Crippen LogP contribution in [0.15, 0.2) is 42.5 Å². The number of amides is 1. The fourth-order valence-corrected chi connectivity index (χ4v) is 9.92. The van der Waals surface area contributed by atoms with Crippen LogP contribution in [0, 0.1) is 33.4 Å². The molecule has 0 atom stereocenters. The lowest BCUT2D eigenvalue weighted by Crippen LogP contribution is -2.74. The van der Waals surface area contributed by atoms with E-state index in [9.17, 15) is 24.0 Å². The van der Waals surface area contributed by atoms with Crippen molar-refractivity contribution in [1.29, 1.82) is 5.26 Å². The van der Waals surface area contributed by atoms with Crippen molar-refractivity contribution >= 4 is 41.1 Å². The lowest BCUT2D eigenvalue weighted by Gasteiger charge is -2.63. The van der Waals surface area contributed by atoms with Gasteiger partial charge in [-0.25, -0.2) is 4.39 Å². The van der Waals surface area contributed by atoms with Crippen LogP contribution in [0.2, 0.25) is 5.02 Å². The molecule has 2 aromatic carbocycles. The van der Waals surface area contributed by atoms with E-state index in [0.29, 0.717) is 47.4 Å². The summed E-state index contributed by atoms with van der Waals surface area (Å²) in [5, 5.41) is 21.5. The molecule has 3 aliphatic heterocycles. The van der Waals surface area contributed by atoms with Crippen molar-refractivity contribution in [1.82, 2.24) is 20.4 Å². The molecule has 3 saturated heterocycles. The molecule has 0 unspecified atom stereocenters. The van der Waals surface area contributed by atoms with Crippen molar-refractivity contribution in [2.75, 3.05) is 49.1 Å². The highest BCUT2D eigenvalue weighted by Crippen LogP contribution is 2.55. The number of Topliss-reactive ketones (excluding diaryl/α,β-unsaturated/α-hetero) is 1. The molecule has 1 spiro atoms. The molecule has 1 aromatic heterocycles. The average molecular weight is 756 g/mol. The number of aldehydes is 1. The third kappa shape index (κ3) is 6.81. The van der Waals surface area contributed by atoms with Gasteiger partial charge in [0.15, 0.2) is 23.6 Å². The molecule has 7 rings (SSSR count). The number of anilines is 2. The first-order valence-electron chi connectivity index (χ1n) is 18.7. The molecule has 54 heavy (non-hydrogen) atoms. The Kier molecular flexibility index (Phi) is 9.94. The van der Waals surface area contributed by atoms with E-state index < -0.39 is 16.6 Å². The van der Waals surface area contributed by atoms with Crippen LogP contribution in [0.25, 0.3) is 0 Å². The minimum absolute atomic E-state index is 0.0951. The molecule has 0 radical (unpaired) electrons. The van der Waals surface area contributed by atoms with Crippen LogP contribution in [0.3, 0.4) is 0 Å². The number of ketones is 1. The number of nitrogens with one attached hydrogen (secondary N) is 1. The molecule has 11 nitrogen and oxygen atoms in total. The van der Waals surface area contributed by atoms with E-state index in [1.54, 1.807) is 24.3 Å². The first kappa shape index (κ1) is 37.7. The zero-order chi connectivity index (χ0) is 38.6. The van der Waals surface area contributed by atoms with Crippen LogP contribution < -0.4 is 19.9 Å². The number of ether oxygens (including phenoxy) is 1. The number of hydrogen-bond acceptors (Lipinski definition) is 10. The summed E-state index contributed by atoms with van der Waals surface area (Å²) in [4.78, 5) is 43.6. The standard InChI is InChI=1S/C41H47ClFN7O4/c1-25(52)30-20-34(32(43)18-27(30)22-51)48-16-12-41(13-17-48)23-50(24-41)28-10-14-49(15-11-28)35-9-8-33(46-47-35)36(53)45-37-39(2,3)38(40(37,4)5)54-29-7-6-26(21-44)31(42)19-29/h6-9,18-20,22,28,37-38H,10-17,23-24H2,1-5H3,(H,45,53). The second-order valence-electron chi connectivity index (χ2n) is 16.8. The third-order valence-corrected chi connectivity index (χ3v) is 12.8. The quantitative estimate of drug-likeness (QED) is 0.195. The average Bonchev–Trinajstić information content (AvgIpc) is 3.14. The van der Waals surface area contributed by atoms with E-state index >= 15 is 0 Å². The largest absolute Gasteiger partial charge is 0.489 e. The smallest absolute Gasteiger partial charge is 0.272 e. The number of benzene rings is 2. The fourth-order valence-electron chi connectivity index (χ4n) is 9.71. The van der Waals surface area contributed by atoms with Crippen molar-refractivity contribution in [3.63, 3.8) is 0 Å². The third-order valence-electron chi connectivity index (χ3n) is 12.5. The molecule has 4 heterocycles. The monoisotopic (exact) mass is 755 g/mol. The zero-order valence-corrected chi connectivity index (χ0v) is 32.3. The predicted octanol–water partition coefficient (Wildman–Crippen LogP) is 6.34. The van der Waals surface area contributed by atoms with Crippen molar-refractivity contribution in [3.8, 4) is 11.8 Å². The van der Waals surface area contributed by atoms with Crippen molar-refractivity contribution < 1.29 is 23.5 Å². The van der Waals surface area contributed by atoms with Crippen LogP contribution in [-0.2, 0) is 0 Å². The normalized spacial score (nSPS) is 23.1. The lowest BCUT2D eigenvalue weighted by atomic mass is 9.49. The molecule has 1 aliphatic carbocycles. The maximum Gasteiger partial charge on any atom is 0.272 e. The maximum atomic E-state index is 14.9. The zero-order valence-electron chi connectivity index (χ0n) is 31.5. The van der Waals surface area contributed by atoms with Crippen molar-refractivity contribution in [2.45, 2.75) is 78.5 Å². The summed E-state index contributed by atoms with van der Waals surface area (Å²) < 4.78 is 21.3. The molecule has 0 bridgehead atoms. The number of carbonyl (C=O) groups excluding carboxylic acids is 3. The van der Waals surface area contributed by atoms with Crippen LogP contribution in [0.4, 0.5) is 15.9 Å². The van der Waals surface area contributed by atoms with Crippen LogP contribution >= 0.6 is 11.6 Å². The molecule has 4 fully saturated rings. The Hall–Kier alpha value is -4.60. The second kappa shape index (κ2) is 14.2. The summed E-state index contributed by atoms with van der Waals surface area (Å²) in [6, 6.07) is 13.7. The van der Waals surface area contributed by atoms with Gasteiger partial charge in [0.1, 0.15) is 23.7 Å². The summed E-state index contributed by atoms with van der Waals surface area (Å²) in [5.41, 5.74) is 0.865. The molecular formula is C41H47ClFN7O4. The summed E-state index contributed by atoms with van der Waals surface area (Å²) in [6.45, 7) is 14.9. The molecule has 1 N–H and O–H groups in total. The van der Waals surface area contributed by atoms with Crippen LogP contribution in [0.5, 0.6) is 5.75 Å². The first-order chi connectivity index (χ1) is 25.7. The Morgan fingerprint density at radius 1 is 0.981 bits per heavy atom. The number of rotatable bonds is 9. The van der Waals surface area contributed by atoms with Gasteiger partial charge < -0.3 is 19.9 Å². The number of carbonyl (C=O) groups is 3. The van der Waals surface area contributed by atoms with Crippen LogP contribution in [-0.4, -0.2) is 90.5 Å². The number of nitriles is 1. The van der Waals surface area contributed by atoms with Gasteiger partial charge in [-0.15, -0.1) is 10.2 Å². The van der Waals surface area contributed by atoms with Gasteiger partial charge >= 0.3 is 0 Å². The second-order valence-corrected chi connectivity index (χ2v) is 17.2. The molecule has 284 valence electrons. The van der Waals surface area contributed by atoms with Gasteiger partial charge in [0.2, 0.25) is 0 Å². The van der Waals surface area contributed by atoms with E-state index in [4.69, 9.17) is 16.3 Å². The Morgan fingerprint density at radius 3 is 2.24 bits per heavy atom. The summed E-state index contributed by atoms with van der Waals surface area (Å²) >= 11 is 6.23. The number of nitrogens with zero attached hydrogens (tertiary/aromatic N) is 6. The fraction of sp³-hybridized carbons (Fsp3) is 0.512. The minimum Gasteiger partial charge on any atom is -0.489 e. The van der Waals surface area contributed by atoms with Crippen molar-refractivity contribution in [2.24, 2.45) is 16.2 Å². The summed E-state index contributed by atoms with van der Waals surface area (Å²) in [6.07, 6.45) is 4.27. The van der Waals surface area contributed by atoms with Crippen LogP contribution in [0.1, 0.15) is 97.1 Å². The predicted molar refractivity (Wildman–Crippen MR) is 204 cm³/mol. The topological polar surface area (TPSA) is 132 Å². The maximum absolute atomic E-state index is 14.9. The molecular weight excluding hydrogens is 709 g/mol. The molecule has 1 amide bonds. The number of halogens is 2. The SMILES string of the molecule is CC(=O)c1cc(N2CCC3(CC2)CN(C2CCN(c4ccc(C(=O)NC5C(C)(C)C(Oc6ccc(C#N)c(Cl)c6)C5(C)C)nn4)CC2)C3)c(F)cc1C=O. The van der Waals surface area contributed by atoms with Gasteiger partial charge in [-0.3, -0.25) is 19.3 Å². The van der Waals surface area contributed by atoms with E-state index in [-0.39, 0.29) is 46.1 Å².